The van der Waals surface area contributed by atoms with Crippen LogP contribution < -0.4 is 0 Å². The first-order chi connectivity index (χ1) is 11.3. The van der Waals surface area contributed by atoms with Crippen molar-refractivity contribution >= 4 is 17.2 Å². The predicted molar refractivity (Wildman–Crippen MR) is 88.6 cm³/mol. The Labute approximate surface area is 139 Å². The van der Waals surface area contributed by atoms with E-state index in [4.69, 9.17) is 4.74 Å². The van der Waals surface area contributed by atoms with Crippen LogP contribution in [0.25, 0.3) is 0 Å². The van der Waals surface area contributed by atoms with Gasteiger partial charge in [0, 0.05) is 30.2 Å². The smallest absolute Gasteiger partial charge is 0.264 e. The molecular weight excluding hydrogens is 310 g/mol. The van der Waals surface area contributed by atoms with Crippen molar-refractivity contribution in [2.75, 3.05) is 13.2 Å². The Kier molecular flexibility index (Phi) is 4.18. The Morgan fingerprint density at radius 3 is 3.22 bits per heavy atom. The van der Waals surface area contributed by atoms with Crippen molar-refractivity contribution in [3.05, 3.63) is 39.8 Å². The van der Waals surface area contributed by atoms with E-state index in [1.54, 1.807) is 17.5 Å². The number of amides is 1. The molecule has 0 unspecified atom stereocenters. The lowest BCUT2D eigenvalue weighted by Crippen LogP contribution is -2.45. The SMILES string of the molecule is O=C(c1cc2c(s1)CCOC2)N1CCCC[C@H]1Cn1cccn1. The number of ether oxygens (including phenoxy) is 1. The summed E-state index contributed by atoms with van der Waals surface area (Å²) in [6, 6.07) is 4.22. The second kappa shape index (κ2) is 6.45. The van der Waals surface area contributed by atoms with Gasteiger partial charge in [-0.3, -0.25) is 9.48 Å². The molecule has 0 saturated carbocycles. The third-order valence-corrected chi connectivity index (χ3v) is 5.91. The van der Waals surface area contributed by atoms with Gasteiger partial charge >= 0.3 is 0 Å². The molecule has 0 N–H and O–H groups in total. The van der Waals surface area contributed by atoms with Crippen LogP contribution in [0.4, 0.5) is 0 Å². The molecule has 4 heterocycles. The highest BCUT2D eigenvalue weighted by molar-refractivity contribution is 7.14. The molecule has 0 radical (unpaired) electrons. The van der Waals surface area contributed by atoms with E-state index in [2.05, 4.69) is 10.00 Å². The van der Waals surface area contributed by atoms with Gasteiger partial charge in [-0.2, -0.15) is 5.10 Å². The van der Waals surface area contributed by atoms with Gasteiger partial charge in [-0.05, 0) is 37.0 Å². The Morgan fingerprint density at radius 2 is 2.39 bits per heavy atom. The average Bonchev–Trinajstić information content (AvgIpc) is 3.23. The molecule has 1 amide bonds. The van der Waals surface area contributed by atoms with Gasteiger partial charge in [-0.1, -0.05) is 0 Å². The van der Waals surface area contributed by atoms with Gasteiger partial charge in [0.1, 0.15) is 0 Å². The first kappa shape index (κ1) is 14.9. The molecule has 0 bridgehead atoms. The molecule has 2 aromatic rings. The van der Waals surface area contributed by atoms with Crippen LogP contribution in [0.15, 0.2) is 24.5 Å². The van der Waals surface area contributed by atoms with Gasteiger partial charge in [-0.25, -0.2) is 0 Å². The summed E-state index contributed by atoms with van der Waals surface area (Å²) in [6.45, 7) is 3.05. The van der Waals surface area contributed by atoms with Crippen LogP contribution in [0.5, 0.6) is 0 Å². The fourth-order valence-corrected chi connectivity index (χ4v) is 4.58. The molecule has 2 aliphatic heterocycles. The van der Waals surface area contributed by atoms with Crippen molar-refractivity contribution in [3.63, 3.8) is 0 Å². The molecule has 23 heavy (non-hydrogen) atoms. The van der Waals surface area contributed by atoms with Gasteiger partial charge in [-0.15, -0.1) is 11.3 Å². The molecule has 122 valence electrons. The van der Waals surface area contributed by atoms with Crippen LogP contribution in [0.2, 0.25) is 0 Å². The topological polar surface area (TPSA) is 47.4 Å². The van der Waals surface area contributed by atoms with E-state index in [1.165, 1.54) is 16.9 Å². The minimum atomic E-state index is 0.182. The van der Waals surface area contributed by atoms with E-state index in [0.717, 1.165) is 43.8 Å². The largest absolute Gasteiger partial charge is 0.376 e. The van der Waals surface area contributed by atoms with E-state index in [-0.39, 0.29) is 11.9 Å². The monoisotopic (exact) mass is 331 g/mol. The van der Waals surface area contributed by atoms with Crippen LogP contribution in [0, 0.1) is 0 Å². The van der Waals surface area contributed by atoms with Crippen LogP contribution in [0.3, 0.4) is 0 Å². The Morgan fingerprint density at radius 1 is 1.43 bits per heavy atom. The molecular formula is C17H21N3O2S. The quantitative estimate of drug-likeness (QED) is 0.869. The van der Waals surface area contributed by atoms with E-state index in [1.807, 2.05) is 23.0 Å². The standard InChI is InChI=1S/C17H21N3O2S/c21-17(16-10-13-12-22-9-5-15(13)23-16)20-8-2-1-4-14(20)11-19-7-3-6-18-19/h3,6-7,10,14H,1-2,4-5,8-9,11-12H2/t14-/m0/s1. The first-order valence-corrected chi connectivity index (χ1v) is 9.10. The second-order valence-corrected chi connectivity index (χ2v) is 7.37. The molecule has 0 aliphatic carbocycles. The third-order valence-electron chi connectivity index (χ3n) is 4.68. The highest BCUT2D eigenvalue weighted by Crippen LogP contribution is 2.30. The fraction of sp³-hybridized carbons (Fsp3) is 0.529. The van der Waals surface area contributed by atoms with Crippen molar-refractivity contribution in [2.45, 2.75) is 44.9 Å². The van der Waals surface area contributed by atoms with E-state index < -0.39 is 0 Å². The number of carbonyl (C=O) groups excluding carboxylic acids is 1. The molecule has 2 aliphatic rings. The Balaban J connectivity index is 1.54. The summed E-state index contributed by atoms with van der Waals surface area (Å²) in [5.41, 5.74) is 1.20. The molecule has 1 fully saturated rings. The average molecular weight is 331 g/mol. The summed E-state index contributed by atoms with van der Waals surface area (Å²) >= 11 is 1.65. The fourth-order valence-electron chi connectivity index (χ4n) is 3.48. The number of rotatable bonds is 3. The van der Waals surface area contributed by atoms with Gasteiger partial charge in [0.05, 0.1) is 30.7 Å². The maximum absolute atomic E-state index is 13.0. The highest BCUT2D eigenvalue weighted by Gasteiger charge is 2.29. The minimum Gasteiger partial charge on any atom is -0.376 e. The Bertz CT molecular complexity index is 657. The first-order valence-electron chi connectivity index (χ1n) is 8.29. The van der Waals surface area contributed by atoms with Gasteiger partial charge in [0.25, 0.3) is 5.91 Å². The normalized spacial score (nSPS) is 21.2. The number of thiophene rings is 1. The maximum Gasteiger partial charge on any atom is 0.264 e. The maximum atomic E-state index is 13.0. The number of carbonyl (C=O) groups is 1. The van der Waals surface area contributed by atoms with E-state index in [9.17, 15) is 4.79 Å². The highest BCUT2D eigenvalue weighted by atomic mass is 32.1. The Hall–Kier alpha value is -1.66. The van der Waals surface area contributed by atoms with Crippen LogP contribution in [0.1, 0.15) is 39.4 Å². The number of hydrogen-bond acceptors (Lipinski definition) is 4. The van der Waals surface area contributed by atoms with Gasteiger partial charge in [0.15, 0.2) is 0 Å². The van der Waals surface area contributed by atoms with Crippen molar-refractivity contribution in [2.24, 2.45) is 0 Å². The van der Waals surface area contributed by atoms with Crippen molar-refractivity contribution in [3.8, 4) is 0 Å². The van der Waals surface area contributed by atoms with Crippen molar-refractivity contribution in [1.29, 1.82) is 0 Å². The second-order valence-electron chi connectivity index (χ2n) is 6.24. The zero-order valence-electron chi connectivity index (χ0n) is 13.1. The van der Waals surface area contributed by atoms with Crippen LogP contribution >= 0.6 is 11.3 Å². The summed E-state index contributed by atoms with van der Waals surface area (Å²) in [5.74, 6) is 0.182. The van der Waals surface area contributed by atoms with Crippen LogP contribution in [-0.4, -0.2) is 39.8 Å². The van der Waals surface area contributed by atoms with E-state index in [0.29, 0.717) is 6.61 Å². The zero-order valence-corrected chi connectivity index (χ0v) is 13.9. The van der Waals surface area contributed by atoms with Crippen molar-refractivity contribution < 1.29 is 9.53 Å². The summed E-state index contributed by atoms with van der Waals surface area (Å²) in [6.07, 6.45) is 8.03. The lowest BCUT2D eigenvalue weighted by Gasteiger charge is -2.35. The lowest BCUT2D eigenvalue weighted by atomic mass is 10.0. The molecule has 6 heteroatoms. The molecule has 2 aromatic heterocycles. The molecule has 1 saturated heterocycles. The summed E-state index contributed by atoms with van der Waals surface area (Å²) in [5, 5.41) is 4.29. The molecule has 1 atom stereocenters. The van der Waals surface area contributed by atoms with Crippen molar-refractivity contribution in [1.82, 2.24) is 14.7 Å². The zero-order chi connectivity index (χ0) is 15.6. The summed E-state index contributed by atoms with van der Waals surface area (Å²) in [7, 11) is 0. The summed E-state index contributed by atoms with van der Waals surface area (Å²) < 4.78 is 7.43. The molecule has 0 aromatic carbocycles. The predicted octanol–water partition coefficient (Wildman–Crippen LogP) is 2.71. The number of likely N-dealkylation sites (tertiary alicyclic amines) is 1. The number of fused-ring (bicyclic) bond motifs is 1. The number of aromatic nitrogens is 2. The minimum absolute atomic E-state index is 0.182. The molecule has 4 rings (SSSR count). The number of hydrogen-bond donors (Lipinski definition) is 0. The molecule has 5 nitrogen and oxygen atoms in total. The van der Waals surface area contributed by atoms with E-state index >= 15 is 0 Å². The number of nitrogens with zero attached hydrogens (tertiary/aromatic N) is 3. The van der Waals surface area contributed by atoms with Gasteiger partial charge < -0.3 is 9.64 Å². The molecule has 0 spiro atoms. The third kappa shape index (κ3) is 3.05. The summed E-state index contributed by atoms with van der Waals surface area (Å²) in [4.78, 5) is 17.3. The lowest BCUT2D eigenvalue weighted by molar-refractivity contribution is 0.0588. The van der Waals surface area contributed by atoms with Gasteiger partial charge in [0.2, 0.25) is 0 Å². The van der Waals surface area contributed by atoms with Crippen LogP contribution in [-0.2, 0) is 24.3 Å². The number of piperidine rings is 1.